The van der Waals surface area contributed by atoms with Crippen LogP contribution in [0.15, 0.2) is 41.3 Å². The highest BCUT2D eigenvalue weighted by Gasteiger charge is 2.46. The average Bonchev–Trinajstić information content (AvgIpc) is 3.84. The van der Waals surface area contributed by atoms with Crippen molar-refractivity contribution in [2.24, 2.45) is 0 Å². The van der Waals surface area contributed by atoms with E-state index >= 15 is 0 Å². The molecule has 0 radical (unpaired) electrons. The van der Waals surface area contributed by atoms with E-state index in [4.69, 9.17) is 21.3 Å². The second-order valence-corrected chi connectivity index (χ2v) is 13.8. The largest absolute Gasteiger partial charge is 0.505 e. The average molecular weight is 713 g/mol. The number of rotatable bonds is 5. The van der Waals surface area contributed by atoms with Crippen molar-refractivity contribution < 1.29 is 32.6 Å². The molecule has 262 valence electrons. The third-order valence-corrected chi connectivity index (χ3v) is 10.8. The molecule has 2 bridgehead atoms. The Hall–Kier alpha value is -4.70. The van der Waals surface area contributed by atoms with E-state index in [2.05, 4.69) is 15.4 Å². The van der Waals surface area contributed by atoms with E-state index in [1.54, 1.807) is 9.47 Å². The van der Waals surface area contributed by atoms with Gasteiger partial charge in [0.05, 0.1) is 35.0 Å². The number of aromatic nitrogens is 5. The summed E-state index contributed by atoms with van der Waals surface area (Å²) in [6.45, 7) is 1.42. The second-order valence-electron chi connectivity index (χ2n) is 13.4. The standard InChI is InChI=1S/C33H32ClF3N8O5/c34-21-13-18(33(35,36)37)5-6-22(21)39-25(47)16-44-23-3-1-7-32(8-11-42(12-9-32)29(49)27-24(46)4-2-10-38-27)26(23)28(48)45-31(44)40-30(41-45)43-15-20-14-19(43)17-50-20/h2,4-6,10,13,19-20,46H,1,3,7-9,11-12,14-17H2,(H,39,47). The zero-order valence-corrected chi connectivity index (χ0v) is 27.4. The Labute approximate surface area is 287 Å². The number of nitrogens with one attached hydrogen (secondary N) is 1. The highest BCUT2D eigenvalue weighted by atomic mass is 35.5. The highest BCUT2D eigenvalue weighted by Crippen LogP contribution is 2.44. The molecule has 1 aromatic carbocycles. The maximum absolute atomic E-state index is 14.5. The fourth-order valence-electron chi connectivity index (χ4n) is 8.01. The first-order chi connectivity index (χ1) is 23.9. The molecule has 2 amide bonds. The first-order valence-electron chi connectivity index (χ1n) is 16.4. The minimum Gasteiger partial charge on any atom is -0.505 e. The molecule has 3 aromatic heterocycles. The fourth-order valence-corrected chi connectivity index (χ4v) is 8.24. The van der Waals surface area contributed by atoms with Crippen molar-refractivity contribution >= 4 is 40.8 Å². The molecule has 1 aliphatic carbocycles. The number of likely N-dealkylation sites (tertiary alicyclic amines) is 1. The van der Waals surface area contributed by atoms with Crippen molar-refractivity contribution in [3.8, 4) is 5.75 Å². The van der Waals surface area contributed by atoms with Gasteiger partial charge in [0.15, 0.2) is 5.69 Å². The summed E-state index contributed by atoms with van der Waals surface area (Å²) in [6.07, 6.45) is 0.494. The van der Waals surface area contributed by atoms with Crippen LogP contribution >= 0.6 is 11.6 Å². The summed E-state index contributed by atoms with van der Waals surface area (Å²) in [5.74, 6) is -0.652. The summed E-state index contributed by atoms with van der Waals surface area (Å²) in [5, 5.41) is 17.3. The molecule has 50 heavy (non-hydrogen) atoms. The fraction of sp³-hybridized carbons (Fsp3) is 0.455. The number of amides is 2. The number of halogens is 4. The Morgan fingerprint density at radius 3 is 2.64 bits per heavy atom. The predicted octanol–water partition coefficient (Wildman–Crippen LogP) is 3.79. The van der Waals surface area contributed by atoms with E-state index < -0.39 is 29.0 Å². The molecule has 3 aliphatic heterocycles. The van der Waals surface area contributed by atoms with Crippen LogP contribution in [-0.2, 0) is 34.1 Å². The molecule has 13 nitrogen and oxygen atoms in total. The number of carbonyl (C=O) groups excluding carboxylic acids is 2. The molecule has 4 aromatic rings. The molecule has 3 saturated heterocycles. The molecule has 8 rings (SSSR count). The van der Waals surface area contributed by atoms with E-state index in [9.17, 15) is 32.7 Å². The van der Waals surface area contributed by atoms with Crippen LogP contribution in [0.4, 0.5) is 24.8 Å². The zero-order valence-electron chi connectivity index (χ0n) is 26.6. The summed E-state index contributed by atoms with van der Waals surface area (Å²) in [7, 11) is 0. The number of anilines is 2. The van der Waals surface area contributed by atoms with Crippen LogP contribution in [-0.4, -0.2) is 84.4 Å². The molecule has 2 N–H and O–H groups in total. The van der Waals surface area contributed by atoms with E-state index in [0.29, 0.717) is 75.6 Å². The molecule has 2 unspecified atom stereocenters. The number of piperidine rings is 1. The number of benzene rings is 1. The highest BCUT2D eigenvalue weighted by molar-refractivity contribution is 6.33. The molecule has 6 heterocycles. The Balaban J connectivity index is 1.16. The van der Waals surface area contributed by atoms with E-state index in [1.165, 1.54) is 22.8 Å². The van der Waals surface area contributed by atoms with E-state index in [-0.39, 0.29) is 52.2 Å². The lowest BCUT2D eigenvalue weighted by atomic mass is 9.66. The quantitative estimate of drug-likeness (QED) is 0.316. The molecule has 17 heteroatoms. The SMILES string of the molecule is O=C(Cn1c2c(c(=O)n3nc(N4CC5CC4CO5)nc13)C1(CCC2)CCN(C(=O)c2ncccc2O)CC1)Nc1ccc(C(F)(F)F)cc1Cl. The maximum atomic E-state index is 14.5. The van der Waals surface area contributed by atoms with Gasteiger partial charge in [-0.3, -0.25) is 14.4 Å². The summed E-state index contributed by atoms with van der Waals surface area (Å²) >= 11 is 6.15. The summed E-state index contributed by atoms with van der Waals surface area (Å²) in [6, 6.07) is 5.71. The predicted molar refractivity (Wildman–Crippen MR) is 173 cm³/mol. The monoisotopic (exact) mass is 712 g/mol. The van der Waals surface area contributed by atoms with E-state index in [1.807, 2.05) is 4.90 Å². The van der Waals surface area contributed by atoms with Gasteiger partial charge < -0.3 is 29.5 Å². The molecule has 4 aliphatic rings. The van der Waals surface area contributed by atoms with Crippen LogP contribution in [0.5, 0.6) is 5.75 Å². The topological polar surface area (TPSA) is 147 Å². The molecule has 3 fully saturated rings. The number of hydrogen-bond acceptors (Lipinski definition) is 9. The van der Waals surface area contributed by atoms with Crippen molar-refractivity contribution in [2.45, 2.75) is 68.8 Å². The minimum absolute atomic E-state index is 0.0123. The first kappa shape index (κ1) is 32.5. The summed E-state index contributed by atoms with van der Waals surface area (Å²) in [4.78, 5) is 53.8. The number of hydrogen-bond donors (Lipinski definition) is 2. The van der Waals surface area contributed by atoms with Gasteiger partial charge in [0.2, 0.25) is 17.6 Å². The van der Waals surface area contributed by atoms with Gasteiger partial charge in [-0.1, -0.05) is 11.6 Å². The number of morpholine rings is 1. The lowest BCUT2D eigenvalue weighted by Gasteiger charge is -2.45. The number of aromatic hydroxyl groups is 1. The minimum atomic E-state index is -4.60. The molecule has 0 saturated carbocycles. The second kappa shape index (κ2) is 12.0. The van der Waals surface area contributed by atoms with Gasteiger partial charge in [-0.15, -0.1) is 5.10 Å². The first-order valence-corrected chi connectivity index (χ1v) is 16.8. The lowest BCUT2D eigenvalue weighted by molar-refractivity contribution is -0.137. The number of carbonyl (C=O) groups is 2. The Morgan fingerprint density at radius 1 is 1.16 bits per heavy atom. The van der Waals surface area contributed by atoms with E-state index in [0.717, 1.165) is 24.6 Å². The molecule has 1 spiro atoms. The normalized spacial score (nSPS) is 21.2. The van der Waals surface area contributed by atoms with Crippen LogP contribution in [0.3, 0.4) is 0 Å². The lowest BCUT2D eigenvalue weighted by Crippen LogP contribution is -2.50. The third-order valence-electron chi connectivity index (χ3n) is 10.5. The zero-order chi connectivity index (χ0) is 34.9. The van der Waals surface area contributed by atoms with Crippen molar-refractivity contribution in [1.29, 1.82) is 0 Å². The van der Waals surface area contributed by atoms with Crippen molar-refractivity contribution in [3.63, 3.8) is 0 Å². The smallest absolute Gasteiger partial charge is 0.416 e. The summed E-state index contributed by atoms with van der Waals surface area (Å²) < 4.78 is 48.3. The number of fused-ring (bicyclic) bond motifs is 5. The Kier molecular flexibility index (Phi) is 7.78. The van der Waals surface area contributed by atoms with Crippen molar-refractivity contribution in [3.05, 3.63) is 74.4 Å². The molecular weight excluding hydrogens is 681 g/mol. The van der Waals surface area contributed by atoms with Crippen molar-refractivity contribution in [2.75, 3.05) is 36.5 Å². The van der Waals surface area contributed by atoms with Crippen LogP contribution in [0, 0.1) is 0 Å². The maximum Gasteiger partial charge on any atom is 0.416 e. The van der Waals surface area contributed by atoms with Gasteiger partial charge in [-0.2, -0.15) is 22.7 Å². The van der Waals surface area contributed by atoms with Crippen molar-refractivity contribution in [1.82, 2.24) is 29.0 Å². The third kappa shape index (κ3) is 5.44. The van der Waals surface area contributed by atoms with Gasteiger partial charge in [0.25, 0.3) is 11.5 Å². The van der Waals surface area contributed by atoms with Crippen LogP contribution in [0.1, 0.15) is 59.4 Å². The van der Waals surface area contributed by atoms with Crippen LogP contribution in [0.2, 0.25) is 5.02 Å². The van der Waals surface area contributed by atoms with Gasteiger partial charge in [-0.05, 0) is 68.9 Å². The number of nitrogens with zero attached hydrogens (tertiary/aromatic N) is 7. The molecular formula is C33H32ClF3N8O5. The Morgan fingerprint density at radius 2 is 1.96 bits per heavy atom. The number of alkyl halides is 3. The Bertz CT molecular complexity index is 2090. The van der Waals surface area contributed by atoms with Gasteiger partial charge in [0.1, 0.15) is 12.3 Å². The van der Waals surface area contributed by atoms with Gasteiger partial charge in [0, 0.05) is 42.5 Å². The summed E-state index contributed by atoms with van der Waals surface area (Å²) in [5.41, 5.74) is -0.766. The van der Waals surface area contributed by atoms with Crippen LogP contribution in [0.25, 0.3) is 5.78 Å². The molecule has 2 atom stereocenters. The van der Waals surface area contributed by atoms with Crippen LogP contribution < -0.4 is 15.8 Å². The van der Waals surface area contributed by atoms with Gasteiger partial charge >= 0.3 is 6.18 Å². The number of pyridine rings is 1. The van der Waals surface area contributed by atoms with Gasteiger partial charge in [-0.25, -0.2) is 4.98 Å². The number of ether oxygens (including phenoxy) is 1.